The van der Waals surface area contributed by atoms with Gasteiger partial charge in [-0.15, -0.1) is 0 Å². The maximum Gasteiger partial charge on any atom is 0.410 e. The van der Waals surface area contributed by atoms with E-state index in [4.69, 9.17) is 15.2 Å². The summed E-state index contributed by atoms with van der Waals surface area (Å²) in [6, 6.07) is 8.22. The van der Waals surface area contributed by atoms with E-state index in [0.717, 1.165) is 63.0 Å². The molecule has 1 aliphatic carbocycles. The number of carbonyl (C=O) groups excluding carboxylic acids is 2. The van der Waals surface area contributed by atoms with Gasteiger partial charge in [0.2, 0.25) is 17.8 Å². The molecule has 47 heavy (non-hydrogen) atoms. The Morgan fingerprint density at radius 3 is 2.15 bits per heavy atom. The molecule has 0 radical (unpaired) electrons. The molecule has 0 unspecified atom stereocenters. The lowest BCUT2D eigenvalue weighted by atomic mass is 9.94. The Kier molecular flexibility index (Phi) is 12.5. The summed E-state index contributed by atoms with van der Waals surface area (Å²) in [5.74, 6) is 1.19. The van der Waals surface area contributed by atoms with Crippen LogP contribution in [0, 0.1) is 0 Å². The summed E-state index contributed by atoms with van der Waals surface area (Å²) in [6.07, 6.45) is 5.34. The molecule has 13 heteroatoms. The molecule has 1 aromatic carbocycles. The third-order valence-corrected chi connectivity index (χ3v) is 8.01. The molecule has 2 aromatic rings. The number of nitrogens with two attached hydrogens (primary N) is 1. The quantitative estimate of drug-likeness (QED) is 0.295. The molecular formula is C34H55N9O4. The van der Waals surface area contributed by atoms with Gasteiger partial charge in [-0.2, -0.15) is 15.0 Å². The molecule has 2 aliphatic rings. The number of nitrogens with zero attached hydrogens (tertiary/aromatic N) is 6. The fourth-order valence-corrected chi connectivity index (χ4v) is 5.76. The lowest BCUT2D eigenvalue weighted by molar-refractivity contribution is 0.00970. The zero-order chi connectivity index (χ0) is 34.0. The van der Waals surface area contributed by atoms with Crippen LogP contribution in [0.15, 0.2) is 24.3 Å². The van der Waals surface area contributed by atoms with Crippen LogP contribution in [0.3, 0.4) is 0 Å². The Bertz CT molecular complexity index is 1300. The molecule has 1 saturated carbocycles. The van der Waals surface area contributed by atoms with Crippen molar-refractivity contribution in [1.29, 1.82) is 0 Å². The first kappa shape index (κ1) is 36.0. The van der Waals surface area contributed by atoms with Gasteiger partial charge < -0.3 is 40.5 Å². The van der Waals surface area contributed by atoms with E-state index in [1.165, 1.54) is 6.42 Å². The smallest absolute Gasteiger partial charge is 0.410 e. The highest BCUT2D eigenvalue weighted by molar-refractivity contribution is 5.69. The molecule has 4 rings (SSSR count). The monoisotopic (exact) mass is 653 g/mol. The summed E-state index contributed by atoms with van der Waals surface area (Å²) < 4.78 is 11.5. The van der Waals surface area contributed by atoms with Crippen LogP contribution >= 0.6 is 0 Å². The topological polar surface area (TPSA) is 151 Å². The van der Waals surface area contributed by atoms with Crippen LogP contribution in [0.5, 0.6) is 0 Å². The zero-order valence-corrected chi connectivity index (χ0v) is 29.2. The zero-order valence-electron chi connectivity index (χ0n) is 29.2. The second kappa shape index (κ2) is 16.3. The Hall–Kier alpha value is -3.87. The highest BCUT2D eigenvalue weighted by Crippen LogP contribution is 2.25. The van der Waals surface area contributed by atoms with Crippen molar-refractivity contribution in [2.75, 3.05) is 55.2 Å². The molecule has 260 valence electrons. The highest BCUT2D eigenvalue weighted by Gasteiger charge is 2.30. The first-order chi connectivity index (χ1) is 22.3. The van der Waals surface area contributed by atoms with Crippen LogP contribution in [-0.2, 0) is 22.6 Å². The number of benzene rings is 1. The summed E-state index contributed by atoms with van der Waals surface area (Å²) in [6.45, 7) is 16.5. The maximum atomic E-state index is 13.3. The van der Waals surface area contributed by atoms with E-state index in [1.54, 1.807) is 4.90 Å². The average Bonchev–Trinajstić information content (AvgIpc) is 3.01. The predicted octanol–water partition coefficient (Wildman–Crippen LogP) is 5.17. The first-order valence-electron chi connectivity index (χ1n) is 17.0. The Morgan fingerprint density at radius 1 is 0.894 bits per heavy atom. The van der Waals surface area contributed by atoms with E-state index < -0.39 is 11.2 Å². The van der Waals surface area contributed by atoms with Crippen molar-refractivity contribution in [2.45, 2.75) is 110 Å². The van der Waals surface area contributed by atoms with Crippen molar-refractivity contribution < 1.29 is 19.1 Å². The summed E-state index contributed by atoms with van der Waals surface area (Å²) in [4.78, 5) is 45.3. The van der Waals surface area contributed by atoms with E-state index in [0.29, 0.717) is 44.5 Å². The number of amides is 2. The van der Waals surface area contributed by atoms with E-state index in [9.17, 15) is 9.59 Å². The number of hydrogen-bond donors (Lipinski definition) is 3. The van der Waals surface area contributed by atoms with Crippen LogP contribution in [-0.4, -0.2) is 93.5 Å². The van der Waals surface area contributed by atoms with E-state index in [1.807, 2.05) is 70.7 Å². The average molecular weight is 654 g/mol. The first-order valence-corrected chi connectivity index (χ1v) is 17.0. The van der Waals surface area contributed by atoms with E-state index in [-0.39, 0.29) is 24.2 Å². The summed E-state index contributed by atoms with van der Waals surface area (Å²) in [5, 5.41) is 6.59. The molecule has 1 saturated heterocycles. The van der Waals surface area contributed by atoms with Crippen molar-refractivity contribution in [3.63, 3.8) is 0 Å². The summed E-state index contributed by atoms with van der Waals surface area (Å²) in [7, 11) is 0. The minimum absolute atomic E-state index is 0.164. The van der Waals surface area contributed by atoms with Crippen molar-refractivity contribution in [1.82, 2.24) is 30.1 Å². The number of piperazine rings is 1. The second-order valence-electron chi connectivity index (χ2n) is 14.4. The molecular weight excluding hydrogens is 598 g/mol. The Balaban J connectivity index is 1.38. The molecule has 2 fully saturated rings. The molecule has 0 bridgehead atoms. The van der Waals surface area contributed by atoms with Crippen LogP contribution in [0.25, 0.3) is 0 Å². The Morgan fingerprint density at radius 2 is 1.51 bits per heavy atom. The number of carbonyl (C=O) groups is 2. The van der Waals surface area contributed by atoms with Gasteiger partial charge in [0.05, 0.1) is 0 Å². The number of ether oxygens (including phenoxy) is 2. The van der Waals surface area contributed by atoms with Crippen LogP contribution in [0.4, 0.5) is 27.4 Å². The van der Waals surface area contributed by atoms with Gasteiger partial charge >= 0.3 is 12.2 Å². The number of hydrogen-bond acceptors (Lipinski definition) is 11. The van der Waals surface area contributed by atoms with Gasteiger partial charge in [0.1, 0.15) is 11.2 Å². The van der Waals surface area contributed by atoms with Gasteiger partial charge in [-0.1, -0.05) is 43.5 Å². The Labute approximate surface area is 280 Å². The van der Waals surface area contributed by atoms with Crippen molar-refractivity contribution >= 4 is 30.0 Å². The molecule has 4 N–H and O–H groups in total. The van der Waals surface area contributed by atoms with Crippen LogP contribution in [0.1, 0.15) is 91.2 Å². The fourth-order valence-electron chi connectivity index (χ4n) is 5.76. The number of nitrogens with one attached hydrogen (secondary N) is 2. The predicted molar refractivity (Wildman–Crippen MR) is 184 cm³/mol. The summed E-state index contributed by atoms with van der Waals surface area (Å²) >= 11 is 0. The highest BCUT2D eigenvalue weighted by atomic mass is 16.6. The standard InChI is InChI=1S/C34H55N9O4/c1-33(2,3)46-31(44)42(19-10-20-43(27-11-8-7-9-12-27)32(45)47-34(4,5)6)24-26-15-13-25(14-16-26)23-37-29-38-28(35)39-30(40-29)41-21-17-36-18-22-41/h13-16,27,36H,7-12,17-24H2,1-6H3,(H3,35,37,38,39,40). The van der Waals surface area contributed by atoms with Gasteiger partial charge in [-0.3, -0.25) is 0 Å². The minimum atomic E-state index is -0.626. The SMILES string of the molecule is CC(C)(C)OC(=O)N(CCCN(C(=O)OC(C)(C)C)C1CCCCC1)Cc1ccc(CNc2nc(N)nc(N3CCNCC3)n2)cc1. The number of nitrogen functional groups attached to an aromatic ring is 1. The van der Waals surface area contributed by atoms with Gasteiger partial charge in [0.15, 0.2) is 0 Å². The third-order valence-electron chi connectivity index (χ3n) is 8.01. The molecule has 0 spiro atoms. The van der Waals surface area contributed by atoms with E-state index in [2.05, 4.69) is 30.5 Å². The van der Waals surface area contributed by atoms with Crippen molar-refractivity contribution in [2.24, 2.45) is 0 Å². The third kappa shape index (κ3) is 12.0. The van der Waals surface area contributed by atoms with Gasteiger partial charge in [-0.05, 0) is 71.9 Å². The lowest BCUT2D eigenvalue weighted by Crippen LogP contribution is -2.45. The van der Waals surface area contributed by atoms with Crippen molar-refractivity contribution in [3.8, 4) is 0 Å². The second-order valence-corrected chi connectivity index (χ2v) is 14.4. The number of aromatic nitrogens is 3. The molecule has 0 atom stereocenters. The molecule has 2 amide bonds. The lowest BCUT2D eigenvalue weighted by Gasteiger charge is -2.36. The van der Waals surface area contributed by atoms with Gasteiger partial charge in [0, 0.05) is 58.4 Å². The van der Waals surface area contributed by atoms with Crippen LogP contribution in [0.2, 0.25) is 0 Å². The molecule has 1 aromatic heterocycles. The summed E-state index contributed by atoms with van der Waals surface area (Å²) in [5.41, 5.74) is 6.79. The van der Waals surface area contributed by atoms with Gasteiger partial charge in [0.25, 0.3) is 0 Å². The van der Waals surface area contributed by atoms with Crippen molar-refractivity contribution in [3.05, 3.63) is 35.4 Å². The normalized spacial score (nSPS) is 16.0. The largest absolute Gasteiger partial charge is 0.444 e. The number of anilines is 3. The maximum absolute atomic E-state index is 13.3. The van der Waals surface area contributed by atoms with Crippen LogP contribution < -0.4 is 21.3 Å². The van der Waals surface area contributed by atoms with Gasteiger partial charge in [-0.25, -0.2) is 9.59 Å². The van der Waals surface area contributed by atoms with E-state index >= 15 is 0 Å². The number of rotatable bonds is 11. The molecule has 13 nitrogen and oxygen atoms in total. The molecule has 1 aliphatic heterocycles. The minimum Gasteiger partial charge on any atom is -0.444 e. The fraction of sp³-hybridized carbons (Fsp3) is 0.676. The molecule has 2 heterocycles.